The minimum atomic E-state index is -1.16. The average Bonchev–Trinajstić information content (AvgIpc) is 2.81. The van der Waals surface area contributed by atoms with E-state index in [0.29, 0.717) is 5.06 Å². The van der Waals surface area contributed by atoms with E-state index < -0.39 is 28.9 Å². The number of benzene rings is 1. The molecule has 2 heterocycles. The lowest BCUT2D eigenvalue weighted by Gasteiger charge is -2.12. The third kappa shape index (κ3) is 2.57. The maximum absolute atomic E-state index is 12.1. The van der Waals surface area contributed by atoms with Gasteiger partial charge in [-0.3, -0.25) is 14.4 Å². The number of hydroxylamine groups is 2. The number of carbonyl (C=O) groups excluding carboxylic acids is 3. The maximum atomic E-state index is 12.1. The molecule has 0 spiro atoms. The van der Waals surface area contributed by atoms with Crippen molar-refractivity contribution < 1.29 is 24.0 Å². The third-order valence-corrected chi connectivity index (χ3v) is 3.28. The van der Waals surface area contributed by atoms with Crippen LogP contribution in [0.3, 0.4) is 0 Å². The van der Waals surface area contributed by atoms with Gasteiger partial charge >= 0.3 is 5.97 Å². The number of aromatic nitrogens is 2. The van der Waals surface area contributed by atoms with Crippen LogP contribution < -0.4 is 5.56 Å². The number of fused-ring (bicyclic) bond motifs is 1. The summed E-state index contributed by atoms with van der Waals surface area (Å²) < 4.78 is 4.81. The number of rotatable bonds is 4. The fraction of sp³-hybridized carbons (Fsp3) is 0.133. The van der Waals surface area contributed by atoms with Gasteiger partial charge in [-0.05, 0) is 12.1 Å². The van der Waals surface area contributed by atoms with E-state index in [-0.39, 0.29) is 23.6 Å². The highest BCUT2D eigenvalue weighted by atomic mass is 16.7. The molecule has 0 unspecified atom stereocenters. The zero-order valence-corrected chi connectivity index (χ0v) is 12.4. The maximum Gasteiger partial charge on any atom is 0.371 e. The molecule has 1 aliphatic rings. The van der Waals surface area contributed by atoms with Crippen molar-refractivity contribution in [3.8, 4) is 0 Å². The highest BCUT2D eigenvalue weighted by molar-refractivity contribution is 6.21. The van der Waals surface area contributed by atoms with E-state index in [4.69, 9.17) is 9.57 Å². The Morgan fingerprint density at radius 3 is 2.33 bits per heavy atom. The first-order valence-electron chi connectivity index (χ1n) is 6.80. The van der Waals surface area contributed by atoms with Gasteiger partial charge in [0, 0.05) is 13.3 Å². The molecule has 3 rings (SSSR count). The van der Waals surface area contributed by atoms with Crippen molar-refractivity contribution in [2.45, 2.75) is 6.61 Å². The fourth-order valence-corrected chi connectivity index (χ4v) is 2.17. The van der Waals surface area contributed by atoms with Crippen LogP contribution in [-0.4, -0.2) is 39.9 Å². The highest BCUT2D eigenvalue weighted by Crippen LogP contribution is 2.22. The Labute approximate surface area is 134 Å². The Morgan fingerprint density at radius 1 is 1.17 bits per heavy atom. The van der Waals surface area contributed by atoms with E-state index in [1.54, 1.807) is 12.1 Å². The van der Waals surface area contributed by atoms with Gasteiger partial charge in [-0.25, -0.2) is 9.78 Å². The van der Waals surface area contributed by atoms with Gasteiger partial charge in [0.05, 0.1) is 11.1 Å². The molecule has 122 valence electrons. The second kappa shape index (κ2) is 6.05. The van der Waals surface area contributed by atoms with Crippen LogP contribution in [0.15, 0.2) is 35.3 Å². The molecule has 0 fully saturated rings. The molecule has 2 aromatic rings. The van der Waals surface area contributed by atoms with Crippen molar-refractivity contribution in [1.29, 1.82) is 0 Å². The Balaban J connectivity index is 1.83. The Bertz CT molecular complexity index is 869. The number of H-pyrrole nitrogens is 1. The first-order chi connectivity index (χ1) is 11.5. The minimum Gasteiger partial charge on any atom is -0.377 e. The molecule has 0 saturated heterocycles. The van der Waals surface area contributed by atoms with E-state index in [1.807, 2.05) is 0 Å². The third-order valence-electron chi connectivity index (χ3n) is 3.28. The first kappa shape index (κ1) is 15.6. The predicted octanol–water partition coefficient (Wildman–Crippen LogP) is 0.284. The lowest BCUT2D eigenvalue weighted by Crippen LogP contribution is -2.34. The summed E-state index contributed by atoms with van der Waals surface area (Å²) in [5.74, 6) is -2.49. The summed E-state index contributed by atoms with van der Waals surface area (Å²) in [4.78, 5) is 59.1. The lowest BCUT2D eigenvalue weighted by molar-refractivity contribution is -0.0586. The average molecular weight is 329 g/mol. The van der Waals surface area contributed by atoms with E-state index >= 15 is 0 Å². The molecule has 1 aromatic heterocycles. The number of methoxy groups -OCH3 is 1. The quantitative estimate of drug-likeness (QED) is 0.800. The normalized spacial score (nSPS) is 13.1. The van der Waals surface area contributed by atoms with Crippen LogP contribution in [0.4, 0.5) is 0 Å². The first-order valence-corrected chi connectivity index (χ1v) is 6.80. The van der Waals surface area contributed by atoms with Crippen LogP contribution in [0.25, 0.3) is 0 Å². The molecule has 1 aromatic carbocycles. The van der Waals surface area contributed by atoms with Gasteiger partial charge < -0.3 is 14.6 Å². The fourth-order valence-electron chi connectivity index (χ4n) is 2.17. The summed E-state index contributed by atoms with van der Waals surface area (Å²) in [6, 6.07) is 6.05. The number of nitrogens with one attached hydrogen (secondary N) is 1. The van der Waals surface area contributed by atoms with Crippen molar-refractivity contribution >= 4 is 17.8 Å². The van der Waals surface area contributed by atoms with Crippen LogP contribution in [-0.2, 0) is 16.2 Å². The summed E-state index contributed by atoms with van der Waals surface area (Å²) in [5, 5.41) is 0.329. The number of carbonyl (C=O) groups is 3. The van der Waals surface area contributed by atoms with E-state index in [9.17, 15) is 19.2 Å². The summed E-state index contributed by atoms with van der Waals surface area (Å²) in [6.45, 7) is 0.0585. The summed E-state index contributed by atoms with van der Waals surface area (Å²) in [7, 11) is 1.42. The lowest BCUT2D eigenvalue weighted by atomic mass is 10.1. The zero-order valence-electron chi connectivity index (χ0n) is 12.4. The second-order valence-electron chi connectivity index (χ2n) is 4.83. The van der Waals surface area contributed by atoms with Crippen LogP contribution in [0, 0.1) is 0 Å². The van der Waals surface area contributed by atoms with Gasteiger partial charge in [0.1, 0.15) is 18.0 Å². The Morgan fingerprint density at radius 2 is 1.79 bits per heavy atom. The van der Waals surface area contributed by atoms with Crippen molar-refractivity contribution in [2.75, 3.05) is 7.11 Å². The predicted molar refractivity (Wildman–Crippen MR) is 77.9 cm³/mol. The number of imide groups is 1. The van der Waals surface area contributed by atoms with Gasteiger partial charge in [0.25, 0.3) is 17.4 Å². The SMILES string of the molecule is COCc1ncc(C(=O)ON2C(=O)c3ccccc3C2=O)c(=O)[nH]1. The van der Waals surface area contributed by atoms with E-state index in [1.165, 1.54) is 19.2 Å². The minimum absolute atomic E-state index is 0.0585. The van der Waals surface area contributed by atoms with Gasteiger partial charge in [-0.15, -0.1) is 0 Å². The molecule has 1 aliphatic heterocycles. The molecule has 24 heavy (non-hydrogen) atoms. The number of amides is 2. The van der Waals surface area contributed by atoms with Crippen LogP contribution in [0.1, 0.15) is 36.9 Å². The number of ether oxygens (including phenoxy) is 1. The molecular weight excluding hydrogens is 318 g/mol. The molecule has 0 saturated carbocycles. The molecule has 0 atom stereocenters. The van der Waals surface area contributed by atoms with Crippen molar-refractivity contribution in [3.05, 3.63) is 63.3 Å². The van der Waals surface area contributed by atoms with Crippen LogP contribution in [0.2, 0.25) is 0 Å². The number of aromatic amines is 1. The van der Waals surface area contributed by atoms with Crippen molar-refractivity contribution in [3.63, 3.8) is 0 Å². The molecular formula is C15H11N3O6. The van der Waals surface area contributed by atoms with Crippen LogP contribution >= 0.6 is 0 Å². The van der Waals surface area contributed by atoms with Gasteiger partial charge in [-0.1, -0.05) is 17.2 Å². The zero-order chi connectivity index (χ0) is 17.3. The molecule has 9 heteroatoms. The standard InChI is InChI=1S/C15H11N3O6/c1-23-7-11-16-6-10(12(19)17-11)15(22)24-18-13(20)8-4-2-3-5-9(8)14(18)21/h2-6H,7H2,1H3,(H,16,17,19). The van der Waals surface area contributed by atoms with Gasteiger partial charge in [-0.2, -0.15) is 0 Å². The number of nitrogens with zero attached hydrogens (tertiary/aromatic N) is 2. The van der Waals surface area contributed by atoms with Crippen LogP contribution in [0.5, 0.6) is 0 Å². The van der Waals surface area contributed by atoms with Gasteiger partial charge in [0.2, 0.25) is 0 Å². The largest absolute Gasteiger partial charge is 0.377 e. The molecule has 0 radical (unpaired) electrons. The number of hydrogen-bond acceptors (Lipinski definition) is 7. The summed E-state index contributed by atoms with van der Waals surface area (Å²) >= 11 is 0. The molecule has 2 amide bonds. The van der Waals surface area contributed by atoms with E-state index in [2.05, 4.69) is 9.97 Å². The molecule has 1 N–H and O–H groups in total. The second-order valence-corrected chi connectivity index (χ2v) is 4.83. The topological polar surface area (TPSA) is 119 Å². The van der Waals surface area contributed by atoms with Crippen molar-refractivity contribution in [2.24, 2.45) is 0 Å². The van der Waals surface area contributed by atoms with E-state index in [0.717, 1.165) is 6.20 Å². The molecule has 9 nitrogen and oxygen atoms in total. The highest BCUT2D eigenvalue weighted by Gasteiger charge is 2.39. The smallest absolute Gasteiger partial charge is 0.371 e. The number of hydrogen-bond donors (Lipinski definition) is 1. The Hall–Kier alpha value is -3.33. The van der Waals surface area contributed by atoms with Gasteiger partial charge in [0.15, 0.2) is 0 Å². The molecule has 0 bridgehead atoms. The summed E-state index contributed by atoms with van der Waals surface area (Å²) in [6.07, 6.45) is 0.994. The monoisotopic (exact) mass is 329 g/mol. The van der Waals surface area contributed by atoms with Crippen molar-refractivity contribution in [1.82, 2.24) is 15.0 Å². The summed E-state index contributed by atoms with van der Waals surface area (Å²) in [5.41, 5.74) is -0.958. The molecule has 0 aliphatic carbocycles. The Kier molecular flexibility index (Phi) is 3.92.